The van der Waals surface area contributed by atoms with Crippen molar-refractivity contribution in [3.8, 4) is 0 Å². The van der Waals surface area contributed by atoms with E-state index in [1.807, 2.05) is 0 Å². The molecule has 3 nitrogen and oxygen atoms in total. The summed E-state index contributed by atoms with van der Waals surface area (Å²) in [7, 11) is -3.39. The second-order valence-electron chi connectivity index (χ2n) is 4.03. The maximum Gasteiger partial charge on any atom is 0.243 e. The predicted octanol–water partition coefficient (Wildman–Crippen LogP) is 2.73. The molecule has 1 heterocycles. The van der Waals surface area contributed by atoms with E-state index in [9.17, 15) is 8.42 Å². The van der Waals surface area contributed by atoms with Crippen LogP contribution in [0.1, 0.15) is 12.8 Å². The number of rotatable bonds is 2. The number of sulfonamides is 1. The van der Waals surface area contributed by atoms with E-state index in [2.05, 4.69) is 0 Å². The summed E-state index contributed by atoms with van der Waals surface area (Å²) in [5, 5.41) is 0.620. The smallest absolute Gasteiger partial charge is 0.207 e. The number of piperidine rings is 1. The number of nitrogens with zero attached hydrogens (tertiary/aromatic N) is 1. The first-order valence-electron chi connectivity index (χ1n) is 5.40. The SMILES string of the molecule is O=S(=O)(c1ccc(Cl)cc1)N1CCC(Cl)CC1. The van der Waals surface area contributed by atoms with Crippen LogP contribution in [0, 0.1) is 0 Å². The first-order valence-corrected chi connectivity index (χ1v) is 7.65. The lowest BCUT2D eigenvalue weighted by Gasteiger charge is -2.28. The van der Waals surface area contributed by atoms with Crippen molar-refractivity contribution in [3.63, 3.8) is 0 Å². The van der Waals surface area contributed by atoms with Crippen molar-refractivity contribution in [2.24, 2.45) is 0 Å². The molecule has 0 spiro atoms. The fraction of sp³-hybridized carbons (Fsp3) is 0.455. The summed E-state index contributed by atoms with van der Waals surface area (Å²) in [4.78, 5) is 0.287. The molecule has 1 aliphatic rings. The van der Waals surface area contributed by atoms with Gasteiger partial charge >= 0.3 is 0 Å². The topological polar surface area (TPSA) is 37.4 Å². The fourth-order valence-electron chi connectivity index (χ4n) is 1.82. The molecular weight excluding hydrogens is 281 g/mol. The molecule has 0 amide bonds. The highest BCUT2D eigenvalue weighted by molar-refractivity contribution is 7.89. The molecule has 0 N–H and O–H groups in total. The van der Waals surface area contributed by atoms with Gasteiger partial charge in [-0.1, -0.05) is 11.6 Å². The Labute approximate surface area is 111 Å². The van der Waals surface area contributed by atoms with Gasteiger partial charge in [-0.05, 0) is 37.1 Å². The molecule has 0 atom stereocenters. The van der Waals surface area contributed by atoms with E-state index in [-0.39, 0.29) is 10.3 Å². The number of benzene rings is 1. The second kappa shape index (κ2) is 5.14. The molecule has 17 heavy (non-hydrogen) atoms. The molecule has 1 fully saturated rings. The molecule has 1 saturated heterocycles. The molecule has 1 aromatic carbocycles. The van der Waals surface area contributed by atoms with Crippen LogP contribution >= 0.6 is 23.2 Å². The van der Waals surface area contributed by atoms with Crippen LogP contribution in [0.15, 0.2) is 29.2 Å². The molecule has 1 aliphatic heterocycles. The van der Waals surface area contributed by atoms with Gasteiger partial charge in [-0.15, -0.1) is 11.6 Å². The van der Waals surface area contributed by atoms with Gasteiger partial charge in [0.1, 0.15) is 0 Å². The van der Waals surface area contributed by atoms with Crippen molar-refractivity contribution >= 4 is 33.2 Å². The Morgan fingerprint density at radius 3 is 2.18 bits per heavy atom. The molecule has 0 aromatic heterocycles. The molecular formula is C11H13Cl2NO2S. The summed E-state index contributed by atoms with van der Waals surface area (Å²) in [5.74, 6) is 0. The van der Waals surface area contributed by atoms with Crippen LogP contribution < -0.4 is 0 Å². The van der Waals surface area contributed by atoms with Gasteiger partial charge in [0.05, 0.1) is 4.90 Å². The minimum atomic E-state index is -3.39. The highest BCUT2D eigenvalue weighted by Crippen LogP contribution is 2.23. The van der Waals surface area contributed by atoms with Crippen molar-refractivity contribution in [3.05, 3.63) is 29.3 Å². The van der Waals surface area contributed by atoms with E-state index in [1.165, 1.54) is 16.4 Å². The Kier molecular flexibility index (Phi) is 3.98. The molecule has 0 aliphatic carbocycles. The Bertz CT molecular complexity index is 479. The van der Waals surface area contributed by atoms with Crippen molar-refractivity contribution in [1.82, 2.24) is 4.31 Å². The van der Waals surface area contributed by atoms with E-state index in [0.717, 1.165) is 0 Å². The third-order valence-electron chi connectivity index (χ3n) is 2.83. The summed E-state index contributed by atoms with van der Waals surface area (Å²) in [6, 6.07) is 6.24. The summed E-state index contributed by atoms with van der Waals surface area (Å²) in [6.45, 7) is 0.970. The third kappa shape index (κ3) is 2.94. The average molecular weight is 294 g/mol. The van der Waals surface area contributed by atoms with Crippen LogP contribution in [0.5, 0.6) is 0 Å². The first kappa shape index (κ1) is 13.1. The zero-order valence-electron chi connectivity index (χ0n) is 9.14. The second-order valence-corrected chi connectivity index (χ2v) is 7.02. The summed E-state index contributed by atoms with van der Waals surface area (Å²) < 4.78 is 26.0. The lowest BCUT2D eigenvalue weighted by molar-refractivity contribution is 0.350. The van der Waals surface area contributed by atoms with Crippen LogP contribution in [0.3, 0.4) is 0 Å². The van der Waals surface area contributed by atoms with E-state index in [0.29, 0.717) is 31.0 Å². The van der Waals surface area contributed by atoms with E-state index >= 15 is 0 Å². The zero-order chi connectivity index (χ0) is 12.5. The summed E-state index contributed by atoms with van der Waals surface area (Å²) in [6.07, 6.45) is 1.41. The normalized spacial score (nSPS) is 19.4. The van der Waals surface area contributed by atoms with Gasteiger partial charge < -0.3 is 0 Å². The van der Waals surface area contributed by atoms with Gasteiger partial charge in [0, 0.05) is 23.5 Å². The molecule has 94 valence electrons. The largest absolute Gasteiger partial charge is 0.243 e. The average Bonchev–Trinajstić information content (AvgIpc) is 2.30. The Hall–Kier alpha value is -0.290. The van der Waals surface area contributed by atoms with Gasteiger partial charge in [-0.2, -0.15) is 4.31 Å². The van der Waals surface area contributed by atoms with E-state index < -0.39 is 10.0 Å². The molecule has 0 unspecified atom stereocenters. The minimum Gasteiger partial charge on any atom is -0.207 e. The van der Waals surface area contributed by atoms with Crippen molar-refractivity contribution in [1.29, 1.82) is 0 Å². The molecule has 1 aromatic rings. The van der Waals surface area contributed by atoms with Gasteiger partial charge in [-0.3, -0.25) is 0 Å². The Balaban J connectivity index is 2.21. The predicted molar refractivity (Wildman–Crippen MR) is 69.1 cm³/mol. The van der Waals surface area contributed by atoms with Crippen LogP contribution in [0.2, 0.25) is 5.02 Å². The molecule has 0 bridgehead atoms. The lowest BCUT2D eigenvalue weighted by Crippen LogP contribution is -2.38. The van der Waals surface area contributed by atoms with Gasteiger partial charge in [-0.25, -0.2) is 8.42 Å². The Morgan fingerprint density at radius 2 is 1.65 bits per heavy atom. The van der Waals surface area contributed by atoms with Crippen molar-refractivity contribution < 1.29 is 8.42 Å². The van der Waals surface area contributed by atoms with E-state index in [4.69, 9.17) is 23.2 Å². The van der Waals surface area contributed by atoms with Crippen LogP contribution in [-0.2, 0) is 10.0 Å². The summed E-state index contributed by atoms with van der Waals surface area (Å²) >= 11 is 11.7. The van der Waals surface area contributed by atoms with Crippen LogP contribution in [0.25, 0.3) is 0 Å². The number of hydrogen-bond donors (Lipinski definition) is 0. The zero-order valence-corrected chi connectivity index (χ0v) is 11.5. The van der Waals surface area contributed by atoms with E-state index in [1.54, 1.807) is 12.1 Å². The Morgan fingerprint density at radius 1 is 1.12 bits per heavy atom. The first-order chi connectivity index (χ1) is 8.00. The number of halogens is 2. The standard InChI is InChI=1S/C11H13Cl2NO2S/c12-9-1-3-11(4-2-9)17(15,16)14-7-5-10(13)6-8-14/h1-4,10H,5-8H2. The molecule has 2 rings (SSSR count). The quantitative estimate of drug-likeness (QED) is 0.787. The highest BCUT2D eigenvalue weighted by Gasteiger charge is 2.28. The third-order valence-corrected chi connectivity index (χ3v) is 5.44. The maximum atomic E-state index is 12.2. The highest BCUT2D eigenvalue weighted by atomic mass is 35.5. The maximum absolute atomic E-state index is 12.2. The van der Waals surface area contributed by atoms with Crippen molar-refractivity contribution in [2.45, 2.75) is 23.1 Å². The number of alkyl halides is 1. The van der Waals surface area contributed by atoms with Gasteiger partial charge in [0.15, 0.2) is 0 Å². The van der Waals surface area contributed by atoms with Crippen LogP contribution in [0.4, 0.5) is 0 Å². The van der Waals surface area contributed by atoms with Gasteiger partial charge in [0.25, 0.3) is 0 Å². The molecule has 0 saturated carbocycles. The van der Waals surface area contributed by atoms with Gasteiger partial charge in [0.2, 0.25) is 10.0 Å². The fourth-order valence-corrected chi connectivity index (χ4v) is 3.61. The molecule has 0 radical (unpaired) electrons. The summed E-state index contributed by atoms with van der Waals surface area (Å²) in [5.41, 5.74) is 0. The minimum absolute atomic E-state index is 0.0895. The van der Waals surface area contributed by atoms with Crippen molar-refractivity contribution in [2.75, 3.05) is 13.1 Å². The van der Waals surface area contributed by atoms with Crippen LogP contribution in [-0.4, -0.2) is 31.2 Å². The monoisotopic (exact) mass is 293 g/mol. The number of hydrogen-bond acceptors (Lipinski definition) is 2. The lowest BCUT2D eigenvalue weighted by atomic mass is 10.2. The molecule has 6 heteroatoms.